The largest absolute Gasteiger partial charge is 0.459 e. The first-order chi connectivity index (χ1) is 23.6. The van der Waals surface area contributed by atoms with Gasteiger partial charge >= 0.3 is 18.2 Å². The van der Waals surface area contributed by atoms with E-state index in [2.05, 4.69) is 18.8 Å². The van der Waals surface area contributed by atoms with E-state index in [0.717, 1.165) is 18.4 Å². The Bertz CT molecular complexity index is 1470. The lowest BCUT2D eigenvalue weighted by molar-refractivity contribution is -0.202. The molecule has 1 saturated heterocycles. The SMILES string of the molecule is C=C[C@@]1(C)CC(OC(=O)NC(=O)CC2CCN(C(=O)OCc3ccccc3)CC2)C2(C)C(C)CCC3(CCC(=O)C32)C(C)[C@H]1OC(=O)C(Cl)Cl. The molecule has 3 amide bonds. The summed E-state index contributed by atoms with van der Waals surface area (Å²) in [6.45, 7) is 13.3. The lowest BCUT2D eigenvalue weighted by Gasteiger charge is -2.62. The highest BCUT2D eigenvalue weighted by atomic mass is 35.5. The van der Waals surface area contributed by atoms with Gasteiger partial charge in [-0.15, -0.1) is 6.58 Å². The van der Waals surface area contributed by atoms with Crippen LogP contribution in [0, 0.1) is 39.9 Å². The molecule has 274 valence electrons. The first-order valence-corrected chi connectivity index (χ1v) is 18.6. The van der Waals surface area contributed by atoms with Gasteiger partial charge in [0.1, 0.15) is 24.6 Å². The lowest BCUT2D eigenvalue weighted by Crippen LogP contribution is -2.64. The zero-order valence-electron chi connectivity index (χ0n) is 29.5. The minimum Gasteiger partial charge on any atom is -0.459 e. The van der Waals surface area contributed by atoms with E-state index in [1.165, 1.54) is 0 Å². The number of rotatable bonds is 8. The van der Waals surface area contributed by atoms with Crippen molar-refractivity contribution in [2.45, 2.75) is 103 Å². The fourth-order valence-corrected chi connectivity index (χ4v) is 9.71. The summed E-state index contributed by atoms with van der Waals surface area (Å²) in [5.74, 6) is -1.81. The summed E-state index contributed by atoms with van der Waals surface area (Å²) in [6, 6.07) is 9.46. The highest BCUT2D eigenvalue weighted by Gasteiger charge is 2.69. The summed E-state index contributed by atoms with van der Waals surface area (Å²) in [5, 5.41) is 2.43. The number of halogens is 2. The van der Waals surface area contributed by atoms with Crippen LogP contribution in [0.4, 0.5) is 9.59 Å². The number of likely N-dealkylation sites (tertiary alicyclic amines) is 1. The van der Waals surface area contributed by atoms with Crippen molar-refractivity contribution in [2.75, 3.05) is 13.1 Å². The van der Waals surface area contributed by atoms with Gasteiger partial charge in [0, 0.05) is 48.6 Å². The number of ketones is 1. The first kappa shape index (κ1) is 38.1. The topological polar surface area (TPSA) is 128 Å². The van der Waals surface area contributed by atoms with Crippen molar-refractivity contribution >= 4 is 53.0 Å². The molecule has 0 spiro atoms. The van der Waals surface area contributed by atoms with Gasteiger partial charge in [0.2, 0.25) is 10.7 Å². The number of Topliss-reactive ketones (excluding diaryl/α,β-unsaturated/α-hetero) is 1. The van der Waals surface area contributed by atoms with Gasteiger partial charge in [-0.1, -0.05) is 87.3 Å². The molecule has 0 radical (unpaired) electrons. The molecule has 1 aliphatic heterocycles. The smallest absolute Gasteiger partial charge is 0.414 e. The van der Waals surface area contributed by atoms with Crippen molar-refractivity contribution in [3.8, 4) is 0 Å². The monoisotopic (exact) mass is 732 g/mol. The van der Waals surface area contributed by atoms with Gasteiger partial charge in [0.05, 0.1) is 0 Å². The van der Waals surface area contributed by atoms with Gasteiger partial charge in [0.25, 0.3) is 0 Å². The summed E-state index contributed by atoms with van der Waals surface area (Å²) in [7, 11) is 0. The minimum absolute atomic E-state index is 0.0242. The molecular formula is C38H50Cl2N2O8. The van der Waals surface area contributed by atoms with E-state index >= 15 is 0 Å². The van der Waals surface area contributed by atoms with Crippen LogP contribution in [0.3, 0.4) is 0 Å². The van der Waals surface area contributed by atoms with Crippen LogP contribution in [0.1, 0.15) is 84.6 Å². The van der Waals surface area contributed by atoms with Crippen LogP contribution in [-0.4, -0.2) is 64.9 Å². The third-order valence-electron chi connectivity index (χ3n) is 12.7. The number of nitrogens with zero attached hydrogens (tertiary/aromatic N) is 1. The molecular weight excluding hydrogens is 683 g/mol. The Kier molecular flexibility index (Phi) is 11.6. The molecule has 1 N–H and O–H groups in total. The summed E-state index contributed by atoms with van der Waals surface area (Å²) in [6.07, 6.45) is 2.96. The van der Waals surface area contributed by atoms with Crippen molar-refractivity contribution in [1.29, 1.82) is 0 Å². The van der Waals surface area contributed by atoms with Crippen LogP contribution in [0.5, 0.6) is 0 Å². The van der Waals surface area contributed by atoms with Crippen LogP contribution in [0.15, 0.2) is 43.0 Å². The standard InChI is InChI=1S/C38H50Cl2N2O8/c1-6-36(4)21-28(37(5)23(2)12-16-38(17-13-27(43)30(37)38)24(3)31(36)50-33(45)32(39)40)49-34(46)41-29(44)20-25-14-18-42(19-15-25)35(47)48-22-26-10-8-7-9-11-26/h6-11,23-25,28,30-32H,1,12-22H2,2-5H3,(H,41,44,46)/t23?,24?,28?,30?,31-,36+,37?,38?/m1/s1. The summed E-state index contributed by atoms with van der Waals surface area (Å²) < 4.78 is 17.7. The van der Waals surface area contributed by atoms with Gasteiger partial charge in [-0.25, -0.2) is 14.4 Å². The second kappa shape index (κ2) is 15.2. The Morgan fingerprint density at radius 3 is 2.36 bits per heavy atom. The molecule has 5 rings (SSSR count). The molecule has 1 aromatic carbocycles. The van der Waals surface area contributed by atoms with Gasteiger partial charge < -0.3 is 19.1 Å². The molecule has 1 heterocycles. The van der Waals surface area contributed by atoms with E-state index in [9.17, 15) is 24.0 Å². The quantitative estimate of drug-likeness (QED) is 0.127. The lowest BCUT2D eigenvalue weighted by atomic mass is 9.44. The Morgan fingerprint density at radius 2 is 1.72 bits per heavy atom. The number of carbonyl (C=O) groups is 5. The number of benzene rings is 1. The van der Waals surface area contributed by atoms with E-state index in [1.54, 1.807) is 11.0 Å². The highest BCUT2D eigenvalue weighted by molar-refractivity contribution is 6.52. The third-order valence-corrected chi connectivity index (χ3v) is 13.1. The number of imide groups is 1. The molecule has 0 aromatic heterocycles. The Balaban J connectivity index is 1.27. The number of carbonyl (C=O) groups excluding carboxylic acids is 5. The number of nitrogens with one attached hydrogen (secondary N) is 1. The van der Waals surface area contributed by atoms with Crippen LogP contribution < -0.4 is 5.32 Å². The normalized spacial score (nSPS) is 34.2. The molecule has 12 heteroatoms. The summed E-state index contributed by atoms with van der Waals surface area (Å²) >= 11 is 11.9. The van der Waals surface area contributed by atoms with Gasteiger partial charge in [-0.05, 0) is 61.3 Å². The van der Waals surface area contributed by atoms with Gasteiger partial charge in [-0.3, -0.25) is 14.9 Å². The molecule has 6 unspecified atom stereocenters. The van der Waals surface area contributed by atoms with Crippen molar-refractivity contribution in [3.05, 3.63) is 48.6 Å². The van der Waals surface area contributed by atoms with Crippen molar-refractivity contribution in [3.63, 3.8) is 0 Å². The first-order valence-electron chi connectivity index (χ1n) is 17.8. The number of esters is 1. The Hall–Kier alpha value is -3.11. The average molecular weight is 734 g/mol. The third kappa shape index (κ3) is 7.43. The van der Waals surface area contributed by atoms with Crippen LogP contribution in [0.25, 0.3) is 0 Å². The molecule has 4 fully saturated rings. The second-order valence-electron chi connectivity index (χ2n) is 15.4. The highest BCUT2D eigenvalue weighted by Crippen LogP contribution is 2.68. The van der Waals surface area contributed by atoms with Crippen molar-refractivity contribution < 1.29 is 38.2 Å². The predicted octanol–water partition coefficient (Wildman–Crippen LogP) is 7.40. The minimum atomic E-state index is -1.39. The van der Waals surface area contributed by atoms with E-state index in [-0.39, 0.29) is 43.0 Å². The average Bonchev–Trinajstić information content (AvgIpc) is 3.45. The maximum absolute atomic E-state index is 13.8. The fraction of sp³-hybridized carbons (Fsp3) is 0.658. The van der Waals surface area contributed by atoms with E-state index in [4.69, 9.17) is 37.4 Å². The Labute approximate surface area is 304 Å². The number of amides is 3. The Morgan fingerprint density at radius 1 is 1.04 bits per heavy atom. The van der Waals surface area contributed by atoms with Gasteiger partial charge in [0.15, 0.2) is 0 Å². The second-order valence-corrected chi connectivity index (χ2v) is 16.5. The van der Waals surface area contributed by atoms with Crippen LogP contribution >= 0.6 is 23.2 Å². The van der Waals surface area contributed by atoms with E-state index < -0.39 is 63.3 Å². The van der Waals surface area contributed by atoms with Crippen LogP contribution in [-0.2, 0) is 35.2 Å². The molecule has 2 bridgehead atoms. The number of hydrogen-bond acceptors (Lipinski definition) is 8. The molecule has 1 aromatic rings. The van der Waals surface area contributed by atoms with Crippen molar-refractivity contribution in [2.24, 2.45) is 39.9 Å². The number of hydrogen-bond donors (Lipinski definition) is 1. The number of piperidine rings is 1. The fourth-order valence-electron chi connectivity index (χ4n) is 9.61. The molecule has 10 nitrogen and oxygen atoms in total. The van der Waals surface area contributed by atoms with E-state index in [0.29, 0.717) is 38.8 Å². The number of alkyl halides is 2. The number of ether oxygens (including phenoxy) is 3. The zero-order valence-corrected chi connectivity index (χ0v) is 31.0. The molecule has 8 atom stereocenters. The molecule has 3 aliphatic carbocycles. The van der Waals surface area contributed by atoms with Gasteiger partial charge in [-0.2, -0.15) is 0 Å². The molecule has 4 aliphatic rings. The summed E-state index contributed by atoms with van der Waals surface area (Å²) in [5.41, 5.74) is -1.23. The number of alkyl carbamates (subject to hydrolysis) is 1. The maximum Gasteiger partial charge on any atom is 0.414 e. The maximum atomic E-state index is 13.8. The van der Waals surface area contributed by atoms with Crippen molar-refractivity contribution in [1.82, 2.24) is 10.2 Å². The predicted molar refractivity (Wildman–Crippen MR) is 188 cm³/mol. The zero-order chi connectivity index (χ0) is 36.4. The molecule has 50 heavy (non-hydrogen) atoms. The van der Waals surface area contributed by atoms with E-state index in [1.807, 2.05) is 51.1 Å². The molecule has 3 saturated carbocycles. The van der Waals surface area contributed by atoms with Crippen LogP contribution in [0.2, 0.25) is 0 Å². The summed E-state index contributed by atoms with van der Waals surface area (Å²) in [4.78, 5) is 66.2.